The van der Waals surface area contributed by atoms with E-state index < -0.39 is 0 Å². The van der Waals surface area contributed by atoms with Crippen LogP contribution < -0.4 is 4.58 Å². The fourth-order valence-electron chi connectivity index (χ4n) is 7.04. The highest BCUT2D eigenvalue weighted by atomic mass is 32.1. The van der Waals surface area contributed by atoms with Crippen molar-refractivity contribution in [2.24, 2.45) is 0 Å². The van der Waals surface area contributed by atoms with E-state index in [1.54, 1.807) is 0 Å². The van der Waals surface area contributed by atoms with Crippen LogP contribution in [0.3, 0.4) is 0 Å². The zero-order chi connectivity index (χ0) is 25.9. The van der Waals surface area contributed by atoms with Crippen molar-refractivity contribution in [3.05, 3.63) is 121 Å². The molecule has 0 saturated heterocycles. The van der Waals surface area contributed by atoms with E-state index in [1.165, 1.54) is 64.5 Å². The average Bonchev–Trinajstić information content (AvgIpc) is 3.67. The summed E-state index contributed by atoms with van der Waals surface area (Å²) in [5.74, 6) is 0. The Labute approximate surface area is 232 Å². The molecule has 1 atom stereocenters. The first-order valence-corrected chi connectivity index (χ1v) is 14.5. The van der Waals surface area contributed by atoms with Crippen LogP contribution in [0.5, 0.6) is 0 Å². The van der Waals surface area contributed by atoms with Gasteiger partial charge in [0, 0.05) is 60.6 Å². The summed E-state index contributed by atoms with van der Waals surface area (Å²) in [6.07, 6.45) is 8.92. The highest BCUT2D eigenvalue weighted by Crippen LogP contribution is 2.47. The molecule has 0 spiro atoms. The molecule has 0 radical (unpaired) electrons. The summed E-state index contributed by atoms with van der Waals surface area (Å²) >= 11 is 1.86. The molecule has 0 fully saturated rings. The van der Waals surface area contributed by atoms with E-state index in [2.05, 4.69) is 124 Å². The van der Waals surface area contributed by atoms with Crippen LogP contribution in [0.25, 0.3) is 63.9 Å². The maximum absolute atomic E-state index is 6.56. The first kappa shape index (κ1) is 21.0. The van der Waals surface area contributed by atoms with Crippen LogP contribution in [0, 0.1) is 0 Å². The van der Waals surface area contributed by atoms with Crippen LogP contribution in [-0.2, 0) is 0 Å². The lowest BCUT2D eigenvalue weighted by atomic mass is 10.0. The second-order valence-electron chi connectivity index (χ2n) is 10.7. The predicted octanol–water partition coefficient (Wildman–Crippen LogP) is 10.0. The van der Waals surface area contributed by atoms with E-state index in [1.807, 2.05) is 17.4 Å². The van der Waals surface area contributed by atoms with Crippen molar-refractivity contribution in [1.29, 1.82) is 0 Å². The summed E-state index contributed by atoms with van der Waals surface area (Å²) < 4.78 is 14.2. The van der Waals surface area contributed by atoms with Crippen LogP contribution in [-0.4, -0.2) is 10.3 Å². The van der Waals surface area contributed by atoms with Gasteiger partial charge in [-0.1, -0.05) is 66.8 Å². The first-order chi connectivity index (χ1) is 19.8. The second kappa shape index (κ2) is 7.38. The summed E-state index contributed by atoms with van der Waals surface area (Å²) in [5.41, 5.74) is 7.99. The van der Waals surface area contributed by atoms with Crippen molar-refractivity contribution >= 4 is 92.3 Å². The maximum Gasteiger partial charge on any atom is 0.235 e. The molecule has 4 heterocycles. The third-order valence-corrected chi connectivity index (χ3v) is 9.83. The Morgan fingerprint density at radius 1 is 0.700 bits per heavy atom. The van der Waals surface area contributed by atoms with Crippen molar-refractivity contribution in [2.75, 3.05) is 0 Å². The van der Waals surface area contributed by atoms with Gasteiger partial charge in [-0.2, -0.15) is 4.58 Å². The lowest BCUT2D eigenvalue weighted by Gasteiger charge is -2.24. The molecule has 5 aromatic carbocycles. The van der Waals surface area contributed by atoms with E-state index in [0.717, 1.165) is 16.6 Å². The zero-order valence-electron chi connectivity index (χ0n) is 21.3. The molecule has 2 aliphatic rings. The number of aromatic nitrogens is 1. The highest BCUT2D eigenvalue weighted by molar-refractivity contribution is 7.25. The molecule has 8 aromatic rings. The summed E-state index contributed by atoms with van der Waals surface area (Å²) in [6, 6.07) is 35.3. The lowest BCUT2D eigenvalue weighted by Crippen LogP contribution is -2.30. The Morgan fingerprint density at radius 3 is 2.52 bits per heavy atom. The second-order valence-corrected chi connectivity index (χ2v) is 11.8. The van der Waals surface area contributed by atoms with E-state index >= 15 is 0 Å². The smallest absolute Gasteiger partial charge is 0.235 e. The van der Waals surface area contributed by atoms with Gasteiger partial charge in [0.25, 0.3) is 0 Å². The number of hydrogen-bond acceptors (Lipinski definition) is 2. The van der Waals surface area contributed by atoms with Crippen LogP contribution in [0.4, 0.5) is 11.4 Å². The fourth-order valence-corrected chi connectivity index (χ4v) is 8.13. The van der Waals surface area contributed by atoms with Crippen LogP contribution in [0.1, 0.15) is 6.04 Å². The van der Waals surface area contributed by atoms with E-state index in [4.69, 9.17) is 4.42 Å². The molecule has 1 unspecified atom stereocenters. The molecular weight excluding hydrogens is 508 g/mol. The summed E-state index contributed by atoms with van der Waals surface area (Å²) in [7, 11) is 0. The fraction of sp³-hybridized carbons (Fsp3) is 0.0278. The minimum absolute atomic E-state index is 0.0802. The monoisotopic (exact) mass is 529 g/mol. The van der Waals surface area contributed by atoms with Crippen LogP contribution >= 0.6 is 11.3 Å². The van der Waals surface area contributed by atoms with Gasteiger partial charge in [-0.05, 0) is 30.3 Å². The van der Waals surface area contributed by atoms with Gasteiger partial charge in [0.2, 0.25) is 17.1 Å². The van der Waals surface area contributed by atoms with Crippen molar-refractivity contribution in [3.63, 3.8) is 0 Å². The van der Waals surface area contributed by atoms with Crippen LogP contribution in [0.2, 0.25) is 0 Å². The van der Waals surface area contributed by atoms with Gasteiger partial charge in [-0.3, -0.25) is 0 Å². The van der Waals surface area contributed by atoms with E-state index in [-0.39, 0.29) is 6.04 Å². The summed E-state index contributed by atoms with van der Waals surface area (Å²) in [5, 5.41) is 7.38. The molecule has 0 N–H and O–H groups in total. The number of hydrogen-bond donors (Lipinski definition) is 0. The molecule has 1 aliphatic heterocycles. The Kier molecular flexibility index (Phi) is 3.87. The molecule has 40 heavy (non-hydrogen) atoms. The number of furan rings is 1. The van der Waals surface area contributed by atoms with Gasteiger partial charge < -0.3 is 8.98 Å². The summed E-state index contributed by atoms with van der Waals surface area (Å²) in [6.45, 7) is 0. The van der Waals surface area contributed by atoms with Gasteiger partial charge in [0.1, 0.15) is 22.7 Å². The van der Waals surface area contributed by atoms with Crippen molar-refractivity contribution in [3.8, 4) is 0 Å². The molecule has 10 rings (SSSR count). The van der Waals surface area contributed by atoms with E-state index in [0.29, 0.717) is 0 Å². The molecule has 0 amide bonds. The maximum atomic E-state index is 6.56. The number of allylic oxidation sites excluding steroid dienone is 4. The minimum Gasteiger partial charge on any atom is -0.455 e. The van der Waals surface area contributed by atoms with Gasteiger partial charge in [0.15, 0.2) is 0 Å². The highest BCUT2D eigenvalue weighted by Gasteiger charge is 2.38. The van der Waals surface area contributed by atoms with Crippen molar-refractivity contribution < 1.29 is 4.42 Å². The average molecular weight is 530 g/mol. The number of rotatable bonds is 1. The minimum atomic E-state index is 0.0802. The molecule has 0 saturated carbocycles. The molecule has 0 bridgehead atoms. The van der Waals surface area contributed by atoms with Crippen LogP contribution in [0.15, 0.2) is 126 Å². The molecule has 1 aliphatic carbocycles. The van der Waals surface area contributed by atoms with Gasteiger partial charge in [0.05, 0.1) is 10.9 Å². The molecule has 4 heteroatoms. The SMILES string of the molecule is C1=CC2=[N+](c3ccc4sc5ccccc5c4c3)c3cccc4c5c6oc7ccccc7c6ccc5n(c34)C2C=C1. The van der Waals surface area contributed by atoms with Gasteiger partial charge in [-0.15, -0.1) is 11.3 Å². The predicted molar refractivity (Wildman–Crippen MR) is 170 cm³/mol. The Balaban J connectivity index is 1.34. The topological polar surface area (TPSA) is 21.1 Å². The third kappa shape index (κ3) is 2.52. The molecule has 3 nitrogen and oxygen atoms in total. The number of benzene rings is 5. The molecule has 186 valence electrons. The van der Waals surface area contributed by atoms with Crippen molar-refractivity contribution in [1.82, 2.24) is 9.14 Å². The van der Waals surface area contributed by atoms with E-state index in [9.17, 15) is 0 Å². The first-order valence-electron chi connectivity index (χ1n) is 13.7. The molecular formula is C36H21N2OS+. The summed E-state index contributed by atoms with van der Waals surface area (Å²) in [4.78, 5) is 0. The standard InChI is InChI=1S/C36H21N2OS/c1-5-14-31-22(8-1)24-17-18-29-34(36(24)39-31)25-10-7-13-30-35(25)38(29)28-12-4-3-11-27(28)37(30)21-16-19-33-26(20-21)23-9-2-6-15-32(23)40-33/h1-20,28H/q+1. The Morgan fingerprint density at radius 2 is 1.55 bits per heavy atom. The Bertz CT molecular complexity index is 2500. The quantitative estimate of drug-likeness (QED) is 0.194. The normalized spacial score (nSPS) is 16.4. The number of nitrogens with zero attached hydrogens (tertiary/aromatic N) is 2. The van der Waals surface area contributed by atoms with Crippen molar-refractivity contribution in [2.45, 2.75) is 6.04 Å². The number of thiophene rings is 1. The third-order valence-electron chi connectivity index (χ3n) is 8.68. The number of fused-ring (bicyclic) bond motifs is 12. The zero-order valence-corrected chi connectivity index (χ0v) is 22.2. The lowest BCUT2D eigenvalue weighted by molar-refractivity contribution is 0.672. The van der Waals surface area contributed by atoms with Gasteiger partial charge in [-0.25, -0.2) is 0 Å². The molecule has 3 aromatic heterocycles. The number of para-hydroxylation sites is 2. The Hall–Kier alpha value is -4.93. The largest absolute Gasteiger partial charge is 0.455 e. The van der Waals surface area contributed by atoms with Gasteiger partial charge >= 0.3 is 0 Å².